The van der Waals surface area contributed by atoms with Gasteiger partial charge in [0.2, 0.25) is 15.9 Å². The average Bonchev–Trinajstić information content (AvgIpc) is 3.23. The first-order chi connectivity index (χ1) is 13.9. The summed E-state index contributed by atoms with van der Waals surface area (Å²) in [7, 11) is -3.92. The average molecular weight is 429 g/mol. The van der Waals surface area contributed by atoms with Crippen molar-refractivity contribution in [2.24, 2.45) is 5.92 Å². The molecule has 9 heteroatoms. The largest absolute Gasteiger partial charge is 0.394 e. The third kappa shape index (κ3) is 5.97. The van der Waals surface area contributed by atoms with Crippen molar-refractivity contribution >= 4 is 15.9 Å². The van der Waals surface area contributed by atoms with E-state index < -0.39 is 28.0 Å². The summed E-state index contributed by atoms with van der Waals surface area (Å²) >= 11 is 0. The highest BCUT2D eigenvalue weighted by atomic mass is 32.2. The summed E-state index contributed by atoms with van der Waals surface area (Å²) in [5.74, 6) is -0.419. The van der Waals surface area contributed by atoms with Crippen molar-refractivity contribution in [3.8, 4) is 0 Å². The summed E-state index contributed by atoms with van der Waals surface area (Å²) in [5, 5.41) is 12.6. The molecule has 2 aliphatic rings. The normalized spacial score (nSPS) is 25.8. The van der Waals surface area contributed by atoms with Crippen LogP contribution in [-0.2, 0) is 19.6 Å². The first-order valence-electron chi connectivity index (χ1n) is 10.2. The van der Waals surface area contributed by atoms with Crippen LogP contribution in [0.5, 0.6) is 0 Å². The van der Waals surface area contributed by atoms with E-state index in [-0.39, 0.29) is 29.4 Å². The fourth-order valence-electron chi connectivity index (χ4n) is 4.07. The molecule has 3 atom stereocenters. The number of hydrogen-bond acceptors (Lipinski definition) is 5. The van der Waals surface area contributed by atoms with Crippen LogP contribution in [0, 0.1) is 11.7 Å². The number of rotatable bonds is 8. The number of halogens is 1. The number of nitrogens with one attached hydrogen (secondary N) is 2. The van der Waals surface area contributed by atoms with Crippen LogP contribution < -0.4 is 10.0 Å². The van der Waals surface area contributed by atoms with Gasteiger partial charge >= 0.3 is 0 Å². The molecule has 1 saturated carbocycles. The molecule has 29 heavy (non-hydrogen) atoms. The lowest BCUT2D eigenvalue weighted by Gasteiger charge is -2.36. The molecule has 2 fully saturated rings. The molecule has 1 aliphatic heterocycles. The van der Waals surface area contributed by atoms with Crippen LogP contribution in [0.25, 0.3) is 0 Å². The van der Waals surface area contributed by atoms with Crippen LogP contribution in [0.1, 0.15) is 44.9 Å². The Balaban J connectivity index is 1.49. The predicted molar refractivity (Wildman–Crippen MR) is 105 cm³/mol. The van der Waals surface area contributed by atoms with Crippen molar-refractivity contribution in [2.45, 2.75) is 68.1 Å². The van der Waals surface area contributed by atoms with Gasteiger partial charge in [-0.15, -0.1) is 0 Å². The number of aliphatic hydroxyl groups is 1. The van der Waals surface area contributed by atoms with Gasteiger partial charge in [-0.2, -0.15) is 0 Å². The Morgan fingerprint density at radius 2 is 1.97 bits per heavy atom. The van der Waals surface area contributed by atoms with Crippen LogP contribution in [-0.4, -0.2) is 50.8 Å². The Kier molecular flexibility index (Phi) is 7.61. The van der Waals surface area contributed by atoms with Crippen molar-refractivity contribution in [2.75, 3.05) is 13.2 Å². The summed E-state index contributed by atoms with van der Waals surface area (Å²) in [4.78, 5) is 11.9. The summed E-state index contributed by atoms with van der Waals surface area (Å²) in [5.41, 5.74) is 0. The number of carbonyl (C=O) groups is 1. The fraction of sp³-hybridized carbons (Fsp3) is 0.650. The third-order valence-electron chi connectivity index (χ3n) is 5.70. The van der Waals surface area contributed by atoms with E-state index in [2.05, 4.69) is 10.0 Å². The first kappa shape index (κ1) is 22.1. The molecule has 162 valence electrons. The second kappa shape index (κ2) is 9.97. The molecule has 0 radical (unpaired) electrons. The second-order valence-corrected chi connectivity index (χ2v) is 9.52. The van der Waals surface area contributed by atoms with E-state index in [1.54, 1.807) is 0 Å². The van der Waals surface area contributed by atoms with E-state index in [9.17, 15) is 22.7 Å². The van der Waals surface area contributed by atoms with E-state index in [4.69, 9.17) is 4.74 Å². The Hall–Kier alpha value is -1.55. The van der Waals surface area contributed by atoms with Crippen molar-refractivity contribution < 1.29 is 27.4 Å². The summed E-state index contributed by atoms with van der Waals surface area (Å²) in [6.07, 6.45) is 4.96. The Bertz CT molecular complexity index is 798. The molecule has 1 heterocycles. The van der Waals surface area contributed by atoms with Gasteiger partial charge in [-0.25, -0.2) is 17.5 Å². The maximum Gasteiger partial charge on any atom is 0.241 e. The minimum absolute atomic E-state index is 0.0951. The molecule has 3 N–H and O–H groups in total. The number of aliphatic hydroxyl groups excluding tert-OH is 1. The highest BCUT2D eigenvalue weighted by Gasteiger charge is 2.34. The SMILES string of the molecule is O=C(NCC[C@@H]1CC[C@H](NS(=O)(=O)c2cccc(F)c2)[C@H](CO)O1)C1CCCC1. The standard InChI is InChI=1S/C20H29FN2O5S/c21-15-6-3-7-17(12-15)29(26,27)23-18-9-8-16(28-19(18)13-24)10-11-22-20(25)14-4-1-2-5-14/h3,6-7,12,14,16,18-19,23-24H,1-2,4-5,8-11,13H2,(H,22,25)/t16-,18-,19-/m0/s1. The van der Waals surface area contributed by atoms with E-state index >= 15 is 0 Å². The molecule has 1 saturated heterocycles. The summed E-state index contributed by atoms with van der Waals surface area (Å²) in [6.45, 7) is 0.166. The van der Waals surface area contributed by atoms with Crippen molar-refractivity contribution in [3.63, 3.8) is 0 Å². The monoisotopic (exact) mass is 428 g/mol. The van der Waals surface area contributed by atoms with Crippen molar-refractivity contribution in [1.82, 2.24) is 10.0 Å². The van der Waals surface area contributed by atoms with E-state index in [1.807, 2.05) is 0 Å². The minimum Gasteiger partial charge on any atom is -0.394 e. The zero-order valence-corrected chi connectivity index (χ0v) is 17.2. The van der Waals surface area contributed by atoms with Gasteiger partial charge in [-0.05, 0) is 50.3 Å². The Labute approximate surface area is 171 Å². The highest BCUT2D eigenvalue weighted by molar-refractivity contribution is 7.89. The van der Waals surface area contributed by atoms with Crippen LogP contribution in [0.15, 0.2) is 29.2 Å². The molecule has 7 nitrogen and oxygen atoms in total. The van der Waals surface area contributed by atoms with Crippen LogP contribution in [0.4, 0.5) is 4.39 Å². The zero-order valence-electron chi connectivity index (χ0n) is 16.3. The molecule has 1 aromatic carbocycles. The molecule has 0 unspecified atom stereocenters. The highest BCUT2D eigenvalue weighted by Crippen LogP contribution is 2.25. The maximum atomic E-state index is 13.4. The number of hydrogen-bond donors (Lipinski definition) is 3. The number of carbonyl (C=O) groups excluding carboxylic acids is 1. The molecule has 3 rings (SSSR count). The molecule has 1 aliphatic carbocycles. The molecule has 1 amide bonds. The van der Waals surface area contributed by atoms with Gasteiger partial charge in [-0.3, -0.25) is 4.79 Å². The maximum absolute atomic E-state index is 13.4. The second-order valence-electron chi connectivity index (χ2n) is 7.80. The minimum atomic E-state index is -3.92. The first-order valence-corrected chi connectivity index (χ1v) is 11.7. The predicted octanol–water partition coefficient (Wildman–Crippen LogP) is 1.71. The van der Waals surface area contributed by atoms with E-state index in [0.717, 1.165) is 31.7 Å². The Morgan fingerprint density at radius 3 is 2.66 bits per heavy atom. The van der Waals surface area contributed by atoms with Gasteiger partial charge in [-0.1, -0.05) is 18.9 Å². The smallest absolute Gasteiger partial charge is 0.241 e. The van der Waals surface area contributed by atoms with Crippen molar-refractivity contribution in [1.29, 1.82) is 0 Å². The van der Waals surface area contributed by atoms with Gasteiger partial charge in [0.05, 0.1) is 29.8 Å². The molecule has 0 spiro atoms. The summed E-state index contributed by atoms with van der Waals surface area (Å²) in [6, 6.07) is 4.18. The third-order valence-corrected chi connectivity index (χ3v) is 7.19. The summed E-state index contributed by atoms with van der Waals surface area (Å²) < 4.78 is 46.8. The molecule has 0 aromatic heterocycles. The van der Waals surface area contributed by atoms with Crippen LogP contribution in [0.3, 0.4) is 0 Å². The molecular weight excluding hydrogens is 399 g/mol. The number of ether oxygens (including phenoxy) is 1. The number of sulfonamides is 1. The molecular formula is C20H29FN2O5S. The van der Waals surface area contributed by atoms with Gasteiger partial charge in [0.1, 0.15) is 5.82 Å². The number of amides is 1. The molecule has 0 bridgehead atoms. The van der Waals surface area contributed by atoms with Crippen LogP contribution in [0.2, 0.25) is 0 Å². The van der Waals surface area contributed by atoms with Gasteiger partial charge in [0.25, 0.3) is 0 Å². The van der Waals surface area contributed by atoms with Gasteiger partial charge in [0, 0.05) is 12.5 Å². The van der Waals surface area contributed by atoms with Gasteiger partial charge < -0.3 is 15.2 Å². The lowest BCUT2D eigenvalue weighted by atomic mass is 9.98. The molecule has 1 aromatic rings. The fourth-order valence-corrected chi connectivity index (χ4v) is 5.40. The lowest BCUT2D eigenvalue weighted by Crippen LogP contribution is -2.51. The van der Waals surface area contributed by atoms with Crippen molar-refractivity contribution in [3.05, 3.63) is 30.1 Å². The Morgan fingerprint density at radius 1 is 1.21 bits per heavy atom. The van der Waals surface area contributed by atoms with Gasteiger partial charge in [0.15, 0.2) is 0 Å². The lowest BCUT2D eigenvalue weighted by molar-refractivity contribution is -0.125. The number of benzene rings is 1. The van der Waals surface area contributed by atoms with Crippen LogP contribution >= 0.6 is 0 Å². The van der Waals surface area contributed by atoms with E-state index in [0.29, 0.717) is 25.8 Å². The zero-order chi connectivity index (χ0) is 20.9. The topological polar surface area (TPSA) is 105 Å². The van der Waals surface area contributed by atoms with E-state index in [1.165, 1.54) is 18.2 Å². The quantitative estimate of drug-likeness (QED) is 0.585.